The molecule has 0 saturated carbocycles. The second kappa shape index (κ2) is 9.15. The Hall–Kier alpha value is -3.43. The first-order valence-electron chi connectivity index (χ1n) is 9.28. The number of hydrogen-bond donors (Lipinski definition) is 2. The molecule has 0 spiro atoms. The van der Waals surface area contributed by atoms with Crippen molar-refractivity contribution in [2.75, 3.05) is 16.9 Å². The van der Waals surface area contributed by atoms with Crippen molar-refractivity contribution in [3.63, 3.8) is 0 Å². The van der Waals surface area contributed by atoms with Gasteiger partial charge in [-0.3, -0.25) is 9.59 Å². The van der Waals surface area contributed by atoms with E-state index in [4.69, 9.17) is 4.42 Å². The molecule has 4 aromatic rings. The fourth-order valence-electron chi connectivity index (χ4n) is 2.94. The second-order valence-electron chi connectivity index (χ2n) is 6.46. The molecule has 0 unspecified atom stereocenters. The molecule has 156 valence electrons. The summed E-state index contributed by atoms with van der Waals surface area (Å²) < 4.78 is 5.10. The number of carbonyl (C=O) groups excluding carboxylic acids is 2. The Kier molecular flexibility index (Phi) is 6.15. The highest BCUT2D eigenvalue weighted by Crippen LogP contribution is 2.28. The Morgan fingerprint density at radius 1 is 1.00 bits per heavy atom. The lowest BCUT2D eigenvalue weighted by molar-refractivity contribution is 0.0994. The number of amides is 2. The van der Waals surface area contributed by atoms with Gasteiger partial charge in [-0.25, -0.2) is 9.97 Å². The van der Waals surface area contributed by atoms with Gasteiger partial charge in [0.1, 0.15) is 5.03 Å². The molecule has 0 aliphatic rings. The smallest absolute Gasteiger partial charge is 0.291 e. The summed E-state index contributed by atoms with van der Waals surface area (Å²) in [7, 11) is 0. The van der Waals surface area contributed by atoms with Crippen LogP contribution in [0.25, 0.3) is 10.7 Å². The molecule has 3 aromatic heterocycles. The molecule has 31 heavy (non-hydrogen) atoms. The molecule has 3 heterocycles. The van der Waals surface area contributed by atoms with Crippen LogP contribution in [0.2, 0.25) is 0 Å². The minimum absolute atomic E-state index is 0.206. The minimum atomic E-state index is -0.369. The number of hydrogen-bond acceptors (Lipinski definition) is 7. The Morgan fingerprint density at radius 3 is 2.42 bits per heavy atom. The zero-order chi connectivity index (χ0) is 21.8. The van der Waals surface area contributed by atoms with Crippen LogP contribution >= 0.6 is 23.1 Å². The number of thiophene rings is 1. The van der Waals surface area contributed by atoms with Crippen LogP contribution in [0.1, 0.15) is 26.6 Å². The van der Waals surface area contributed by atoms with Crippen LogP contribution in [0.4, 0.5) is 11.4 Å². The highest BCUT2D eigenvalue weighted by molar-refractivity contribution is 7.98. The van der Waals surface area contributed by atoms with Gasteiger partial charge in [-0.05, 0) is 55.0 Å². The van der Waals surface area contributed by atoms with Crippen molar-refractivity contribution in [3.05, 3.63) is 77.2 Å². The van der Waals surface area contributed by atoms with E-state index < -0.39 is 0 Å². The molecule has 0 aliphatic carbocycles. The van der Waals surface area contributed by atoms with E-state index in [9.17, 15) is 9.59 Å². The lowest BCUT2D eigenvalue weighted by Gasteiger charge is -2.12. The molecule has 4 rings (SSSR count). The fraction of sp³-hybridized carbons (Fsp3) is 0.0909. The van der Waals surface area contributed by atoms with Gasteiger partial charge in [0.25, 0.3) is 11.8 Å². The summed E-state index contributed by atoms with van der Waals surface area (Å²) in [5.41, 5.74) is 2.10. The molecule has 0 radical (unpaired) electrons. The maximum atomic E-state index is 13.0. The van der Waals surface area contributed by atoms with Gasteiger partial charge < -0.3 is 15.1 Å². The number of benzene rings is 1. The van der Waals surface area contributed by atoms with Gasteiger partial charge in [0.15, 0.2) is 11.6 Å². The summed E-state index contributed by atoms with van der Waals surface area (Å²) in [5.74, 6) is 0.134. The van der Waals surface area contributed by atoms with Crippen molar-refractivity contribution in [1.29, 1.82) is 0 Å². The Balaban J connectivity index is 1.55. The molecule has 0 aliphatic heterocycles. The van der Waals surface area contributed by atoms with Gasteiger partial charge in [0, 0.05) is 11.4 Å². The number of rotatable bonds is 6. The highest BCUT2D eigenvalue weighted by Gasteiger charge is 2.20. The van der Waals surface area contributed by atoms with Gasteiger partial charge in [0.05, 0.1) is 22.4 Å². The maximum Gasteiger partial charge on any atom is 0.291 e. The summed E-state index contributed by atoms with van der Waals surface area (Å²) >= 11 is 2.95. The van der Waals surface area contributed by atoms with E-state index in [1.807, 2.05) is 23.8 Å². The second-order valence-corrected chi connectivity index (χ2v) is 8.20. The largest absolute Gasteiger partial charge is 0.459 e. The topological polar surface area (TPSA) is 97.1 Å². The predicted octanol–water partition coefficient (Wildman–Crippen LogP) is 5.33. The minimum Gasteiger partial charge on any atom is -0.459 e. The van der Waals surface area contributed by atoms with E-state index in [1.165, 1.54) is 18.0 Å². The first-order valence-corrected chi connectivity index (χ1v) is 11.4. The molecule has 0 fully saturated rings. The average Bonchev–Trinajstić information content (AvgIpc) is 3.47. The van der Waals surface area contributed by atoms with Crippen molar-refractivity contribution in [2.45, 2.75) is 11.9 Å². The molecule has 2 N–H and O–H groups in total. The Labute approximate surface area is 186 Å². The van der Waals surface area contributed by atoms with E-state index in [1.54, 1.807) is 54.7 Å². The first kappa shape index (κ1) is 20.8. The third-order valence-electron chi connectivity index (χ3n) is 4.34. The molecule has 7 nitrogen and oxygen atoms in total. The predicted molar refractivity (Wildman–Crippen MR) is 123 cm³/mol. The zero-order valence-corrected chi connectivity index (χ0v) is 18.3. The first-order chi connectivity index (χ1) is 15.0. The molecule has 2 amide bonds. The van der Waals surface area contributed by atoms with Crippen molar-refractivity contribution in [1.82, 2.24) is 9.97 Å². The van der Waals surface area contributed by atoms with Gasteiger partial charge in [-0.1, -0.05) is 12.1 Å². The molecule has 0 saturated heterocycles. The van der Waals surface area contributed by atoms with Crippen molar-refractivity contribution >= 4 is 46.3 Å². The summed E-state index contributed by atoms with van der Waals surface area (Å²) in [6.45, 7) is 1.80. The van der Waals surface area contributed by atoms with E-state index in [0.29, 0.717) is 33.5 Å². The summed E-state index contributed by atoms with van der Waals surface area (Å²) in [5, 5.41) is 8.19. The van der Waals surface area contributed by atoms with Gasteiger partial charge in [-0.15, -0.1) is 23.1 Å². The van der Waals surface area contributed by atoms with Crippen LogP contribution in [0.15, 0.2) is 69.6 Å². The molecule has 0 bridgehead atoms. The molecular weight excluding hydrogens is 432 g/mol. The molecule has 1 aromatic carbocycles. The SMILES string of the molecule is CSc1nc(-c2cccs2)nc(C)c1C(=O)Nc1cccc(NC(=O)c2ccco2)c1. The van der Waals surface area contributed by atoms with Crippen molar-refractivity contribution in [2.24, 2.45) is 0 Å². The van der Waals surface area contributed by atoms with Gasteiger partial charge >= 0.3 is 0 Å². The summed E-state index contributed by atoms with van der Waals surface area (Å²) in [4.78, 5) is 35.3. The van der Waals surface area contributed by atoms with Crippen LogP contribution in [0.3, 0.4) is 0 Å². The van der Waals surface area contributed by atoms with Crippen LogP contribution in [-0.4, -0.2) is 28.0 Å². The third-order valence-corrected chi connectivity index (χ3v) is 5.89. The zero-order valence-electron chi connectivity index (χ0n) is 16.7. The van der Waals surface area contributed by atoms with Crippen LogP contribution in [-0.2, 0) is 0 Å². The third kappa shape index (κ3) is 4.68. The molecular formula is C22H18N4O3S2. The Bertz CT molecular complexity index is 1220. The van der Waals surface area contributed by atoms with E-state index >= 15 is 0 Å². The number of nitrogens with zero attached hydrogens (tertiary/aromatic N) is 2. The van der Waals surface area contributed by atoms with Crippen LogP contribution in [0, 0.1) is 6.92 Å². The lowest BCUT2D eigenvalue weighted by atomic mass is 10.2. The Morgan fingerprint density at radius 2 is 1.77 bits per heavy atom. The number of aromatic nitrogens is 2. The number of anilines is 2. The quantitative estimate of drug-likeness (QED) is 0.304. The van der Waals surface area contributed by atoms with Gasteiger partial charge in [0.2, 0.25) is 0 Å². The van der Waals surface area contributed by atoms with Crippen LogP contribution < -0.4 is 10.6 Å². The lowest BCUT2D eigenvalue weighted by Crippen LogP contribution is -2.17. The normalized spacial score (nSPS) is 10.6. The van der Waals surface area contributed by atoms with E-state index in [-0.39, 0.29) is 17.6 Å². The standard InChI is InChI=1S/C22H18N4O3S2/c1-13-18(22(30-2)26-19(23-13)17-9-5-11-31-17)21(28)25-15-7-3-6-14(12-15)24-20(27)16-8-4-10-29-16/h3-12H,1-2H3,(H,24,27)(H,25,28). The van der Waals surface area contributed by atoms with Crippen LogP contribution in [0.5, 0.6) is 0 Å². The average molecular weight is 451 g/mol. The highest BCUT2D eigenvalue weighted by atomic mass is 32.2. The summed E-state index contributed by atoms with van der Waals surface area (Å²) in [6, 6.07) is 14.0. The number of aryl methyl sites for hydroxylation is 1. The van der Waals surface area contributed by atoms with Gasteiger partial charge in [-0.2, -0.15) is 0 Å². The molecule has 0 atom stereocenters. The molecule has 9 heteroatoms. The van der Waals surface area contributed by atoms with E-state index in [0.717, 1.165) is 4.88 Å². The number of nitrogens with one attached hydrogen (secondary N) is 2. The monoisotopic (exact) mass is 450 g/mol. The van der Waals surface area contributed by atoms with Crippen molar-refractivity contribution in [3.8, 4) is 10.7 Å². The van der Waals surface area contributed by atoms with E-state index in [2.05, 4.69) is 20.6 Å². The number of furan rings is 1. The fourth-order valence-corrected chi connectivity index (χ4v) is 4.22. The number of carbonyl (C=O) groups is 2. The number of thioether (sulfide) groups is 1. The maximum absolute atomic E-state index is 13.0. The summed E-state index contributed by atoms with van der Waals surface area (Å²) in [6.07, 6.45) is 3.31. The van der Waals surface area contributed by atoms with Crippen molar-refractivity contribution < 1.29 is 14.0 Å².